The molecule has 1 aliphatic carbocycles. The molecule has 1 saturated carbocycles. The van der Waals surface area contributed by atoms with Crippen molar-refractivity contribution in [2.24, 2.45) is 7.05 Å². The monoisotopic (exact) mass is 518 g/mol. The molecule has 0 amide bonds. The number of hydrogen-bond acceptors (Lipinski definition) is 8. The molecule has 1 fully saturated rings. The number of aliphatic hydroxyl groups is 1. The Morgan fingerprint density at radius 2 is 2.08 bits per heavy atom. The van der Waals surface area contributed by atoms with Crippen molar-refractivity contribution >= 4 is 23.1 Å². The van der Waals surface area contributed by atoms with Gasteiger partial charge in [-0.15, -0.1) is 5.10 Å². The van der Waals surface area contributed by atoms with E-state index in [1.807, 2.05) is 43.8 Å². The highest BCUT2D eigenvalue weighted by Gasteiger charge is 2.35. The Morgan fingerprint density at radius 1 is 1.24 bits per heavy atom. The fourth-order valence-electron chi connectivity index (χ4n) is 5.32. The lowest BCUT2D eigenvalue weighted by molar-refractivity contribution is 0.123. The Labute approximate surface area is 221 Å². The molecule has 5 heterocycles. The molecule has 11 heteroatoms. The Balaban J connectivity index is 1.54. The maximum atomic E-state index is 9.80. The highest BCUT2D eigenvalue weighted by atomic mass is 16.5. The lowest BCUT2D eigenvalue weighted by Crippen LogP contribution is -2.39. The maximum Gasteiger partial charge on any atom is 0.240 e. The minimum Gasteiger partial charge on any atom is -0.476 e. The van der Waals surface area contributed by atoms with E-state index in [1.54, 1.807) is 10.9 Å². The predicted molar refractivity (Wildman–Crippen MR) is 144 cm³/mol. The third-order valence-corrected chi connectivity index (χ3v) is 7.34. The van der Waals surface area contributed by atoms with E-state index >= 15 is 0 Å². The van der Waals surface area contributed by atoms with Gasteiger partial charge in [0.1, 0.15) is 6.61 Å². The van der Waals surface area contributed by atoms with Gasteiger partial charge >= 0.3 is 0 Å². The van der Waals surface area contributed by atoms with E-state index in [0.717, 1.165) is 57.6 Å². The van der Waals surface area contributed by atoms with Gasteiger partial charge in [0, 0.05) is 31.1 Å². The number of aromatic nitrogens is 7. The first-order valence-corrected chi connectivity index (χ1v) is 13.3. The molecule has 2 bridgehead atoms. The van der Waals surface area contributed by atoms with Gasteiger partial charge in [-0.1, -0.05) is 0 Å². The van der Waals surface area contributed by atoms with Gasteiger partial charge in [-0.3, -0.25) is 19.7 Å². The quantitative estimate of drug-likeness (QED) is 0.414. The van der Waals surface area contributed by atoms with Crippen LogP contribution in [0, 0.1) is 6.92 Å². The molecule has 2 N–H and O–H groups in total. The van der Waals surface area contributed by atoms with E-state index < -0.39 is 0 Å². The number of pyridine rings is 1. The molecule has 0 spiro atoms. The van der Waals surface area contributed by atoms with Crippen LogP contribution in [0.5, 0.6) is 11.8 Å². The van der Waals surface area contributed by atoms with Gasteiger partial charge in [0.25, 0.3) is 0 Å². The molecule has 0 unspecified atom stereocenters. The summed E-state index contributed by atoms with van der Waals surface area (Å²) in [4.78, 5) is 7.20. The largest absolute Gasteiger partial charge is 0.476 e. The summed E-state index contributed by atoms with van der Waals surface area (Å²) in [5, 5.41) is 27.8. The highest BCUT2D eigenvalue weighted by molar-refractivity contribution is 5.92. The smallest absolute Gasteiger partial charge is 0.240 e. The summed E-state index contributed by atoms with van der Waals surface area (Å²) in [5.41, 5.74) is 6.10. The van der Waals surface area contributed by atoms with Crippen LogP contribution in [0.15, 0.2) is 12.3 Å². The van der Waals surface area contributed by atoms with Gasteiger partial charge in [-0.05, 0) is 51.8 Å². The summed E-state index contributed by atoms with van der Waals surface area (Å²) in [7, 11) is 1.91. The van der Waals surface area contributed by atoms with Crippen LogP contribution in [0.1, 0.15) is 49.3 Å². The van der Waals surface area contributed by atoms with Crippen molar-refractivity contribution in [2.75, 3.05) is 19.8 Å². The first kappa shape index (κ1) is 24.6. The van der Waals surface area contributed by atoms with Gasteiger partial charge < -0.3 is 14.6 Å². The number of fused-ring (bicyclic) bond motifs is 4. The van der Waals surface area contributed by atoms with Crippen molar-refractivity contribution in [3.63, 3.8) is 0 Å². The number of aromatic amines is 1. The molecule has 2 aliphatic rings. The van der Waals surface area contributed by atoms with Crippen molar-refractivity contribution in [3.05, 3.63) is 34.9 Å². The van der Waals surface area contributed by atoms with Gasteiger partial charge in [0.15, 0.2) is 0 Å². The molecule has 0 radical (unpaired) electrons. The Morgan fingerprint density at radius 3 is 2.84 bits per heavy atom. The van der Waals surface area contributed by atoms with E-state index in [4.69, 9.17) is 19.6 Å². The van der Waals surface area contributed by atoms with E-state index in [0.29, 0.717) is 44.1 Å². The maximum absolute atomic E-state index is 9.80. The summed E-state index contributed by atoms with van der Waals surface area (Å²) in [6, 6.07) is 2.64. The van der Waals surface area contributed by atoms with Crippen LogP contribution in [0.25, 0.3) is 34.3 Å². The SMILES string of the molecule is CCOc1nn(CCO)c2c1/C=C/c1n[nH]c3cnc(cc13)-c1c(C)nn(C)c1OC[C@@H](C)N(C1CC1)C2. The second kappa shape index (κ2) is 9.88. The molecule has 11 nitrogen and oxygen atoms in total. The molecule has 1 aliphatic heterocycles. The molecule has 4 aromatic heterocycles. The third kappa shape index (κ3) is 4.35. The second-order valence-electron chi connectivity index (χ2n) is 10.1. The van der Waals surface area contributed by atoms with Crippen molar-refractivity contribution in [1.29, 1.82) is 0 Å². The number of aryl methyl sites for hydroxylation is 2. The first-order valence-electron chi connectivity index (χ1n) is 13.3. The number of nitrogens with one attached hydrogen (secondary N) is 1. The van der Waals surface area contributed by atoms with Crippen LogP contribution in [0.2, 0.25) is 0 Å². The molecular weight excluding hydrogens is 484 g/mol. The average molecular weight is 519 g/mol. The second-order valence-corrected chi connectivity index (χ2v) is 10.1. The Kier molecular flexibility index (Phi) is 6.40. The van der Waals surface area contributed by atoms with Crippen LogP contribution >= 0.6 is 0 Å². The zero-order valence-corrected chi connectivity index (χ0v) is 22.3. The van der Waals surface area contributed by atoms with Gasteiger partial charge in [0.2, 0.25) is 11.8 Å². The third-order valence-electron chi connectivity index (χ3n) is 7.34. The molecule has 0 saturated heterocycles. The van der Waals surface area contributed by atoms with Crippen LogP contribution in [-0.4, -0.2) is 76.7 Å². The number of nitrogens with zero attached hydrogens (tertiary/aromatic N) is 7. The molecule has 0 aromatic carbocycles. The standard InChI is InChI=1S/C27H34N8O3/c1-5-37-26-19-8-9-21-20-12-22(28-13-23(20)30-29-21)25-17(3)31-33(4)27(25)38-15-16(2)34(18-6-7-18)14-24(19)35(32-26)10-11-36/h8-9,12-13,16,18,36H,5-7,10-11,14-15H2,1-4H3,(H,29,30)/b9-8+/t16-/m1/s1. The fourth-order valence-corrected chi connectivity index (χ4v) is 5.32. The van der Waals surface area contributed by atoms with E-state index in [1.165, 1.54) is 0 Å². The summed E-state index contributed by atoms with van der Waals surface area (Å²) in [6.07, 6.45) is 8.13. The van der Waals surface area contributed by atoms with Gasteiger partial charge in [-0.2, -0.15) is 10.2 Å². The van der Waals surface area contributed by atoms with E-state index in [2.05, 4.69) is 27.1 Å². The van der Waals surface area contributed by atoms with Crippen LogP contribution in [-0.2, 0) is 20.1 Å². The minimum absolute atomic E-state index is 0.00606. The number of H-pyrrole nitrogens is 1. The number of aliphatic hydroxyl groups excluding tert-OH is 1. The van der Waals surface area contributed by atoms with Gasteiger partial charge in [0.05, 0.1) is 65.4 Å². The summed E-state index contributed by atoms with van der Waals surface area (Å²) in [6.45, 7) is 8.18. The predicted octanol–water partition coefficient (Wildman–Crippen LogP) is 3.17. The minimum atomic E-state index is -0.00606. The van der Waals surface area contributed by atoms with Crippen LogP contribution < -0.4 is 9.47 Å². The van der Waals surface area contributed by atoms with Crippen LogP contribution in [0.4, 0.5) is 0 Å². The van der Waals surface area contributed by atoms with E-state index in [9.17, 15) is 5.11 Å². The lowest BCUT2D eigenvalue weighted by Gasteiger charge is -2.29. The molecular formula is C27H34N8O3. The lowest BCUT2D eigenvalue weighted by atomic mass is 10.1. The van der Waals surface area contributed by atoms with Crippen molar-refractivity contribution < 1.29 is 14.6 Å². The van der Waals surface area contributed by atoms with Crippen molar-refractivity contribution in [3.8, 4) is 23.0 Å². The Hall–Kier alpha value is -3.70. The van der Waals surface area contributed by atoms with Crippen molar-refractivity contribution in [2.45, 2.75) is 58.8 Å². The molecule has 1 atom stereocenters. The first-order chi connectivity index (χ1) is 18.5. The molecule has 38 heavy (non-hydrogen) atoms. The average Bonchev–Trinajstić information content (AvgIpc) is 3.49. The fraction of sp³-hybridized carbons (Fsp3) is 0.481. The Bertz CT molecular complexity index is 1500. The van der Waals surface area contributed by atoms with Crippen LogP contribution in [0.3, 0.4) is 0 Å². The molecule has 200 valence electrons. The van der Waals surface area contributed by atoms with E-state index in [-0.39, 0.29) is 12.6 Å². The van der Waals surface area contributed by atoms with Gasteiger partial charge in [-0.25, -0.2) is 4.68 Å². The normalized spacial score (nSPS) is 19.0. The summed E-state index contributed by atoms with van der Waals surface area (Å²) < 4.78 is 16.1. The summed E-state index contributed by atoms with van der Waals surface area (Å²) in [5.74, 6) is 1.27. The molecule has 4 aromatic rings. The zero-order valence-electron chi connectivity index (χ0n) is 22.3. The topological polar surface area (TPSA) is 119 Å². The number of rotatable bonds is 5. The molecule has 6 rings (SSSR count). The summed E-state index contributed by atoms with van der Waals surface area (Å²) >= 11 is 0. The number of ether oxygens (including phenoxy) is 2. The highest BCUT2D eigenvalue weighted by Crippen LogP contribution is 2.36. The number of hydrogen-bond donors (Lipinski definition) is 2. The van der Waals surface area contributed by atoms with Crippen molar-refractivity contribution in [1.82, 2.24) is 39.6 Å². The zero-order chi connectivity index (χ0) is 26.4.